The SMILES string of the molecule is CCN(C)S(=O)(=O)Nc1ccc(F)c(C(=O)c2ccc3ncn(C4CCN(C5CC6(C5)CN(c5cc7c(cc5F)c(N5CCC(=O)NC5=O)nn7C)C6)CC4)c(=O)c3c2)c1F. The van der Waals surface area contributed by atoms with Gasteiger partial charge in [0.15, 0.2) is 17.4 Å². The highest BCUT2D eigenvalue weighted by molar-refractivity contribution is 7.90. The number of fused-ring (bicyclic) bond motifs is 2. The molecule has 0 bridgehead atoms. The van der Waals surface area contributed by atoms with Crippen LogP contribution in [0.25, 0.3) is 21.8 Å². The molecule has 2 aromatic heterocycles. The molecule has 3 amide bonds. The van der Waals surface area contributed by atoms with Gasteiger partial charge in [-0.25, -0.2) is 22.9 Å². The molecule has 4 aliphatic rings. The summed E-state index contributed by atoms with van der Waals surface area (Å²) in [6.07, 6.45) is 4.93. The molecule has 9 rings (SSSR count). The predicted molar refractivity (Wildman–Crippen MR) is 220 cm³/mol. The molecule has 61 heavy (non-hydrogen) atoms. The van der Waals surface area contributed by atoms with E-state index in [4.69, 9.17) is 0 Å². The predicted octanol–water partition coefficient (Wildman–Crippen LogP) is 4.29. The molecule has 2 N–H and O–H groups in total. The first-order valence-electron chi connectivity index (χ1n) is 20.1. The molecule has 0 radical (unpaired) electrons. The molecule has 3 saturated heterocycles. The average molecular weight is 861 g/mol. The maximum absolute atomic E-state index is 15.6. The van der Waals surface area contributed by atoms with Gasteiger partial charge in [-0.3, -0.25) is 38.6 Å². The number of likely N-dealkylation sites (tertiary alicyclic amines) is 1. The fourth-order valence-electron chi connectivity index (χ4n) is 9.28. The molecule has 5 aromatic rings. The van der Waals surface area contributed by atoms with E-state index < -0.39 is 50.7 Å². The van der Waals surface area contributed by atoms with Crippen LogP contribution in [-0.2, 0) is 22.1 Å². The highest BCUT2D eigenvalue weighted by atomic mass is 32.2. The summed E-state index contributed by atoms with van der Waals surface area (Å²) in [6, 6.07) is 8.54. The Kier molecular flexibility index (Phi) is 9.93. The number of rotatable bonds is 10. The zero-order chi connectivity index (χ0) is 43.1. The van der Waals surface area contributed by atoms with Crippen LogP contribution >= 0.6 is 0 Å². The van der Waals surface area contributed by atoms with E-state index in [2.05, 4.69) is 25.0 Å². The van der Waals surface area contributed by atoms with E-state index in [1.165, 1.54) is 42.5 Å². The fourth-order valence-corrected chi connectivity index (χ4v) is 10.2. The van der Waals surface area contributed by atoms with Crippen molar-refractivity contribution in [3.8, 4) is 0 Å². The lowest BCUT2D eigenvalue weighted by Gasteiger charge is -2.62. The van der Waals surface area contributed by atoms with Crippen molar-refractivity contribution in [1.29, 1.82) is 0 Å². The van der Waals surface area contributed by atoms with E-state index in [1.807, 2.05) is 4.90 Å². The molecule has 5 heterocycles. The monoisotopic (exact) mass is 860 g/mol. The Hall–Kier alpha value is -5.86. The molecule has 3 aromatic carbocycles. The van der Waals surface area contributed by atoms with Gasteiger partial charge in [-0.1, -0.05) is 6.92 Å². The molecule has 16 nitrogen and oxygen atoms in total. The minimum absolute atomic E-state index is 0.0838. The molecule has 3 aliphatic heterocycles. The number of aromatic nitrogens is 4. The number of carbonyl (C=O) groups excluding carboxylic acids is 3. The van der Waals surface area contributed by atoms with E-state index in [-0.39, 0.29) is 53.4 Å². The number of benzene rings is 3. The Morgan fingerprint density at radius 1 is 0.967 bits per heavy atom. The quantitative estimate of drug-likeness (QED) is 0.193. The van der Waals surface area contributed by atoms with E-state index in [0.29, 0.717) is 59.9 Å². The number of piperidine rings is 1. The number of halogens is 3. The molecular weight excluding hydrogens is 818 g/mol. The number of nitrogens with one attached hydrogen (secondary N) is 2. The molecule has 1 saturated carbocycles. The lowest BCUT2D eigenvalue weighted by molar-refractivity contribution is -0.120. The Labute approximate surface area is 348 Å². The van der Waals surface area contributed by atoms with E-state index >= 15 is 8.78 Å². The minimum Gasteiger partial charge on any atom is -0.368 e. The van der Waals surface area contributed by atoms with Gasteiger partial charge in [-0.15, -0.1) is 0 Å². The summed E-state index contributed by atoms with van der Waals surface area (Å²) in [7, 11) is -1.15. The number of carbonyl (C=O) groups is 3. The van der Waals surface area contributed by atoms with Crippen molar-refractivity contribution < 1.29 is 36.0 Å². The molecule has 0 atom stereocenters. The van der Waals surface area contributed by atoms with Gasteiger partial charge in [0.1, 0.15) is 11.6 Å². The van der Waals surface area contributed by atoms with Crippen molar-refractivity contribution in [2.45, 2.75) is 51.1 Å². The normalized spacial score (nSPS) is 18.9. The number of aryl methyl sites for hydroxylation is 1. The van der Waals surface area contributed by atoms with Crippen molar-refractivity contribution in [1.82, 2.24) is 33.9 Å². The van der Waals surface area contributed by atoms with Crippen molar-refractivity contribution in [3.05, 3.63) is 87.7 Å². The van der Waals surface area contributed by atoms with Crippen LogP contribution in [0.15, 0.2) is 53.6 Å². The summed E-state index contributed by atoms with van der Waals surface area (Å²) < 4.78 is 77.3. The van der Waals surface area contributed by atoms with Gasteiger partial charge in [0.25, 0.3) is 5.56 Å². The highest BCUT2D eigenvalue weighted by Crippen LogP contribution is 2.52. The van der Waals surface area contributed by atoms with Crippen molar-refractivity contribution in [2.24, 2.45) is 12.5 Å². The average Bonchev–Trinajstić information content (AvgIpc) is 3.51. The van der Waals surface area contributed by atoms with Crippen LogP contribution in [0.5, 0.6) is 0 Å². The topological polar surface area (TPSA) is 175 Å². The Morgan fingerprint density at radius 2 is 1.70 bits per heavy atom. The molecule has 20 heteroatoms. The molecule has 1 aliphatic carbocycles. The van der Waals surface area contributed by atoms with Crippen LogP contribution in [0.2, 0.25) is 0 Å². The third-order valence-corrected chi connectivity index (χ3v) is 14.4. The fraction of sp³-hybridized carbons (Fsp3) is 0.415. The lowest BCUT2D eigenvalue weighted by Crippen LogP contribution is -2.67. The van der Waals surface area contributed by atoms with Gasteiger partial charge in [0.05, 0.1) is 39.7 Å². The van der Waals surface area contributed by atoms with E-state index in [9.17, 15) is 32.0 Å². The zero-order valence-electron chi connectivity index (χ0n) is 33.6. The van der Waals surface area contributed by atoms with E-state index in [1.54, 1.807) is 29.3 Å². The summed E-state index contributed by atoms with van der Waals surface area (Å²) in [5.74, 6) is -4.07. The van der Waals surface area contributed by atoms with Gasteiger partial charge >= 0.3 is 16.2 Å². The second kappa shape index (κ2) is 14.9. The summed E-state index contributed by atoms with van der Waals surface area (Å²) in [6.45, 7) is 4.76. The second-order valence-corrected chi connectivity index (χ2v) is 18.3. The van der Waals surface area contributed by atoms with Crippen molar-refractivity contribution >= 4 is 66.9 Å². The van der Waals surface area contributed by atoms with Crippen LogP contribution in [-0.4, -0.2) is 107 Å². The maximum atomic E-state index is 15.6. The van der Waals surface area contributed by atoms with Crippen LogP contribution in [0.3, 0.4) is 0 Å². The largest absolute Gasteiger partial charge is 0.368 e. The summed E-state index contributed by atoms with van der Waals surface area (Å²) in [4.78, 5) is 61.8. The van der Waals surface area contributed by atoms with E-state index in [0.717, 1.165) is 42.4 Å². The maximum Gasteiger partial charge on any atom is 0.329 e. The van der Waals surface area contributed by atoms with Gasteiger partial charge in [-0.05, 0) is 68.1 Å². The third-order valence-electron chi connectivity index (χ3n) is 12.8. The Bertz CT molecular complexity index is 2830. The second-order valence-electron chi connectivity index (χ2n) is 16.5. The summed E-state index contributed by atoms with van der Waals surface area (Å²) in [5, 5.41) is 7.37. The zero-order valence-corrected chi connectivity index (χ0v) is 34.4. The number of amides is 3. The minimum atomic E-state index is -4.17. The molecule has 320 valence electrons. The van der Waals surface area contributed by atoms with Gasteiger partial charge in [-0.2, -0.15) is 17.8 Å². The smallest absolute Gasteiger partial charge is 0.329 e. The first-order chi connectivity index (χ1) is 29.1. The van der Waals surface area contributed by atoms with Crippen molar-refractivity contribution in [2.75, 3.05) is 60.8 Å². The standard InChI is InChI=1S/C41H43F3N10O6S/c1-4-49(2)61(59,60)48-31-8-6-28(42)35(36(31)44)37(56)23-5-7-30-26(15-23)39(57)54(22-45-30)24-9-12-51(13-10-24)25-18-41(19-25)20-52(21-41)33-17-32-27(16-29(33)43)38(47-50(32)3)53-14-11-34(55)46-40(53)58/h5-8,15-17,22,24-25,48H,4,9-14,18-21H2,1-3H3,(H,46,55,58). The Balaban J connectivity index is 0.834. The van der Waals surface area contributed by atoms with Crippen LogP contribution in [0.1, 0.15) is 61.0 Å². The number of urea groups is 1. The summed E-state index contributed by atoms with van der Waals surface area (Å²) in [5.41, 5.74) is -0.541. The molecular formula is C41H43F3N10O6S. The van der Waals surface area contributed by atoms with Crippen LogP contribution in [0, 0.1) is 22.9 Å². The number of anilines is 3. The van der Waals surface area contributed by atoms with Crippen LogP contribution < -0.4 is 25.4 Å². The Morgan fingerprint density at radius 3 is 2.41 bits per heavy atom. The number of ketones is 1. The number of hydrogen-bond acceptors (Lipinski definition) is 10. The molecule has 4 fully saturated rings. The number of hydrogen-bond donors (Lipinski definition) is 2. The molecule has 1 spiro atoms. The third kappa shape index (κ3) is 6.99. The molecule has 0 unspecified atom stereocenters. The van der Waals surface area contributed by atoms with Gasteiger partial charge in [0.2, 0.25) is 5.91 Å². The number of imide groups is 1. The first kappa shape index (κ1) is 40.5. The highest BCUT2D eigenvalue weighted by Gasteiger charge is 2.54. The summed E-state index contributed by atoms with van der Waals surface area (Å²) >= 11 is 0. The van der Waals surface area contributed by atoms with Gasteiger partial charge in [0, 0.05) is 88.2 Å². The number of nitrogens with zero attached hydrogens (tertiary/aromatic N) is 8. The van der Waals surface area contributed by atoms with Gasteiger partial charge < -0.3 is 9.80 Å². The van der Waals surface area contributed by atoms with Crippen molar-refractivity contribution in [3.63, 3.8) is 0 Å². The lowest BCUT2D eigenvalue weighted by atomic mass is 9.60. The van der Waals surface area contributed by atoms with Crippen LogP contribution in [0.4, 0.5) is 35.2 Å². The first-order valence-corrected chi connectivity index (χ1v) is 21.5.